The number of carboxylic acid groups (broad SMARTS) is 1. The van der Waals surface area contributed by atoms with E-state index in [1.54, 1.807) is 13.8 Å². The van der Waals surface area contributed by atoms with Gasteiger partial charge in [-0.15, -0.1) is 11.3 Å². The van der Waals surface area contributed by atoms with E-state index in [-0.39, 0.29) is 11.4 Å². The van der Waals surface area contributed by atoms with E-state index in [0.29, 0.717) is 11.3 Å². The Morgan fingerprint density at radius 3 is 2.61 bits per heavy atom. The van der Waals surface area contributed by atoms with Gasteiger partial charge >= 0.3 is 5.97 Å². The van der Waals surface area contributed by atoms with Gasteiger partial charge in [0.15, 0.2) is 0 Å². The maximum Gasteiger partial charge on any atom is 0.307 e. The molecule has 2 N–H and O–H groups in total. The number of hydrogen-bond donors (Lipinski definition) is 2. The molecule has 8 heteroatoms. The van der Waals surface area contributed by atoms with Gasteiger partial charge in [0.25, 0.3) is 0 Å². The third kappa shape index (κ3) is 3.78. The van der Waals surface area contributed by atoms with Crippen LogP contribution >= 0.6 is 27.3 Å². The number of rotatable bonds is 6. The van der Waals surface area contributed by atoms with Crippen molar-refractivity contribution in [2.45, 2.75) is 25.2 Å². The van der Waals surface area contributed by atoms with Gasteiger partial charge in [0, 0.05) is 11.4 Å². The van der Waals surface area contributed by atoms with Crippen LogP contribution in [0.25, 0.3) is 0 Å². The largest absolute Gasteiger partial charge is 0.481 e. The van der Waals surface area contributed by atoms with Gasteiger partial charge < -0.3 is 5.11 Å². The van der Waals surface area contributed by atoms with Crippen molar-refractivity contribution in [1.29, 1.82) is 0 Å². The minimum absolute atomic E-state index is 0.0962. The Labute approximate surface area is 118 Å². The molecule has 0 radical (unpaired) electrons. The van der Waals surface area contributed by atoms with Gasteiger partial charge in [-0.05, 0) is 35.3 Å². The standard InChI is InChI=1S/C10H14BrNO4S2/c1-3-7(10(13)14)5-12-18(15,16)8-4-9(11)17-6(8)2/h4,7,12H,3,5H2,1-2H3,(H,13,14). The second-order valence-corrected chi connectivity index (χ2v) is 8.14. The van der Waals surface area contributed by atoms with Crippen LogP contribution < -0.4 is 4.72 Å². The molecule has 0 bridgehead atoms. The van der Waals surface area contributed by atoms with Crippen molar-refractivity contribution in [3.63, 3.8) is 0 Å². The summed E-state index contributed by atoms with van der Waals surface area (Å²) in [7, 11) is -3.64. The van der Waals surface area contributed by atoms with Gasteiger partial charge in [-0.2, -0.15) is 0 Å². The SMILES string of the molecule is CCC(CNS(=O)(=O)c1cc(Br)sc1C)C(=O)O. The second-order valence-electron chi connectivity index (χ2n) is 3.77. The monoisotopic (exact) mass is 355 g/mol. The summed E-state index contributed by atoms with van der Waals surface area (Å²) < 4.78 is 27.0. The number of aliphatic carboxylic acids is 1. The molecule has 0 fully saturated rings. The summed E-state index contributed by atoms with van der Waals surface area (Å²) in [6, 6.07) is 1.52. The molecule has 0 aliphatic heterocycles. The van der Waals surface area contributed by atoms with Gasteiger partial charge in [0.05, 0.1) is 14.6 Å². The average Bonchev–Trinajstić information content (AvgIpc) is 2.58. The van der Waals surface area contributed by atoms with Crippen molar-refractivity contribution < 1.29 is 18.3 Å². The highest BCUT2D eigenvalue weighted by Crippen LogP contribution is 2.29. The smallest absolute Gasteiger partial charge is 0.307 e. The van der Waals surface area contributed by atoms with Crippen LogP contribution in [0.5, 0.6) is 0 Å². The van der Waals surface area contributed by atoms with Crippen molar-refractivity contribution >= 4 is 43.3 Å². The lowest BCUT2D eigenvalue weighted by Gasteiger charge is -2.11. The first-order chi connectivity index (χ1) is 8.27. The molecule has 1 unspecified atom stereocenters. The van der Waals surface area contributed by atoms with Gasteiger partial charge in [-0.3, -0.25) is 4.79 Å². The highest BCUT2D eigenvalue weighted by Gasteiger charge is 2.22. The summed E-state index contributed by atoms with van der Waals surface area (Å²) in [5.41, 5.74) is 0. The zero-order chi connectivity index (χ0) is 13.9. The number of hydrogen-bond acceptors (Lipinski definition) is 4. The van der Waals surface area contributed by atoms with E-state index in [9.17, 15) is 13.2 Å². The minimum atomic E-state index is -3.64. The molecule has 1 atom stereocenters. The maximum absolute atomic E-state index is 12.0. The normalized spacial score (nSPS) is 13.5. The fourth-order valence-corrected chi connectivity index (χ4v) is 4.89. The fourth-order valence-electron chi connectivity index (χ4n) is 1.39. The maximum atomic E-state index is 12.0. The molecule has 0 aromatic carbocycles. The van der Waals surface area contributed by atoms with Crippen molar-refractivity contribution in [3.8, 4) is 0 Å². The van der Waals surface area contributed by atoms with Crippen LogP contribution in [0.15, 0.2) is 14.7 Å². The van der Waals surface area contributed by atoms with Crippen LogP contribution in [0.3, 0.4) is 0 Å². The fraction of sp³-hybridized carbons (Fsp3) is 0.500. The van der Waals surface area contributed by atoms with E-state index in [4.69, 9.17) is 5.11 Å². The van der Waals surface area contributed by atoms with E-state index in [1.165, 1.54) is 17.4 Å². The average molecular weight is 356 g/mol. The van der Waals surface area contributed by atoms with Gasteiger partial charge in [-0.25, -0.2) is 13.1 Å². The molecule has 0 aliphatic rings. The zero-order valence-corrected chi connectivity index (χ0v) is 13.2. The summed E-state index contributed by atoms with van der Waals surface area (Å²) in [5.74, 6) is -1.70. The summed E-state index contributed by atoms with van der Waals surface area (Å²) in [4.78, 5) is 11.7. The van der Waals surface area contributed by atoms with E-state index < -0.39 is 21.9 Å². The molecular formula is C10H14BrNO4S2. The van der Waals surface area contributed by atoms with Gasteiger partial charge in [0.1, 0.15) is 0 Å². The summed E-state index contributed by atoms with van der Waals surface area (Å²) in [6.45, 7) is 3.32. The van der Waals surface area contributed by atoms with Crippen LogP contribution in [0.4, 0.5) is 0 Å². The Morgan fingerprint density at radius 2 is 2.22 bits per heavy atom. The lowest BCUT2D eigenvalue weighted by molar-refractivity contribution is -0.141. The lowest BCUT2D eigenvalue weighted by atomic mass is 10.1. The summed E-state index contributed by atoms with van der Waals surface area (Å²) in [5, 5.41) is 8.86. The zero-order valence-electron chi connectivity index (χ0n) is 9.94. The van der Waals surface area contributed by atoms with E-state index in [0.717, 1.165) is 3.79 Å². The number of nitrogens with one attached hydrogen (secondary N) is 1. The third-order valence-electron chi connectivity index (χ3n) is 2.49. The molecule has 5 nitrogen and oxygen atoms in total. The number of aryl methyl sites for hydroxylation is 1. The van der Waals surface area contributed by atoms with Gasteiger partial charge in [-0.1, -0.05) is 6.92 Å². The Hall–Kier alpha value is -0.440. The molecule has 1 heterocycles. The molecule has 0 spiro atoms. The van der Waals surface area contributed by atoms with Crippen molar-refractivity contribution in [3.05, 3.63) is 14.7 Å². The van der Waals surface area contributed by atoms with Crippen LogP contribution in [0.2, 0.25) is 0 Å². The first-order valence-electron chi connectivity index (χ1n) is 5.26. The van der Waals surface area contributed by atoms with E-state index in [2.05, 4.69) is 20.7 Å². The van der Waals surface area contributed by atoms with E-state index in [1.807, 2.05) is 0 Å². The molecule has 102 valence electrons. The Kier molecular flexibility index (Phi) is 5.32. The first kappa shape index (κ1) is 15.6. The molecule has 18 heavy (non-hydrogen) atoms. The molecule has 1 aromatic rings. The minimum Gasteiger partial charge on any atom is -0.481 e. The highest BCUT2D eigenvalue weighted by atomic mass is 79.9. The molecule has 1 rings (SSSR count). The third-order valence-corrected chi connectivity index (χ3v) is 5.73. The Balaban J connectivity index is 2.83. The number of halogens is 1. The first-order valence-corrected chi connectivity index (χ1v) is 8.35. The summed E-state index contributed by atoms with van der Waals surface area (Å²) >= 11 is 4.55. The van der Waals surface area contributed by atoms with Crippen LogP contribution in [-0.2, 0) is 14.8 Å². The Morgan fingerprint density at radius 1 is 1.61 bits per heavy atom. The van der Waals surface area contributed by atoms with Crippen molar-refractivity contribution in [1.82, 2.24) is 4.72 Å². The van der Waals surface area contributed by atoms with Crippen LogP contribution in [0, 0.1) is 12.8 Å². The predicted molar refractivity (Wildman–Crippen MR) is 73.4 cm³/mol. The van der Waals surface area contributed by atoms with Crippen molar-refractivity contribution in [2.24, 2.45) is 5.92 Å². The number of thiophene rings is 1. The number of carbonyl (C=O) groups is 1. The topological polar surface area (TPSA) is 83.5 Å². The summed E-state index contributed by atoms with van der Waals surface area (Å²) in [6.07, 6.45) is 0.379. The Bertz CT molecular complexity index is 538. The number of carboxylic acids is 1. The molecule has 1 aromatic heterocycles. The molecule has 0 aliphatic carbocycles. The molecule has 0 saturated carbocycles. The lowest BCUT2D eigenvalue weighted by Crippen LogP contribution is -2.32. The van der Waals surface area contributed by atoms with E-state index >= 15 is 0 Å². The number of sulfonamides is 1. The van der Waals surface area contributed by atoms with Crippen LogP contribution in [0.1, 0.15) is 18.2 Å². The quantitative estimate of drug-likeness (QED) is 0.819. The van der Waals surface area contributed by atoms with Crippen molar-refractivity contribution in [2.75, 3.05) is 6.54 Å². The molecular weight excluding hydrogens is 342 g/mol. The molecule has 0 saturated heterocycles. The molecule has 0 amide bonds. The second kappa shape index (κ2) is 6.14. The van der Waals surface area contributed by atoms with Crippen LogP contribution in [-0.4, -0.2) is 26.0 Å². The highest BCUT2D eigenvalue weighted by molar-refractivity contribution is 9.11. The predicted octanol–water partition coefficient (Wildman–Crippen LogP) is 2.21. The van der Waals surface area contributed by atoms with Gasteiger partial charge in [0.2, 0.25) is 10.0 Å².